The third-order valence-electron chi connectivity index (χ3n) is 4.15. The SMILES string of the molecule is Cc1ccc(CNCC(c2cccc(Cl)c2)N2CCOCC2)o1. The topological polar surface area (TPSA) is 37.6 Å². The Labute approximate surface area is 142 Å². The molecule has 1 atom stereocenters. The lowest BCUT2D eigenvalue weighted by molar-refractivity contribution is 0.0160. The minimum atomic E-state index is 0.286. The van der Waals surface area contributed by atoms with Crippen LogP contribution < -0.4 is 5.32 Å². The number of ether oxygens (including phenoxy) is 1. The van der Waals surface area contributed by atoms with Gasteiger partial charge in [-0.1, -0.05) is 23.7 Å². The molecule has 0 aliphatic carbocycles. The van der Waals surface area contributed by atoms with E-state index < -0.39 is 0 Å². The maximum atomic E-state index is 6.18. The second kappa shape index (κ2) is 7.97. The molecule has 4 nitrogen and oxygen atoms in total. The van der Waals surface area contributed by atoms with Crippen LogP contribution in [0.1, 0.15) is 23.1 Å². The van der Waals surface area contributed by atoms with Gasteiger partial charge in [-0.2, -0.15) is 0 Å². The fourth-order valence-corrected chi connectivity index (χ4v) is 3.17. The molecule has 2 heterocycles. The lowest BCUT2D eigenvalue weighted by Crippen LogP contribution is -2.42. The van der Waals surface area contributed by atoms with E-state index in [1.807, 2.05) is 31.2 Å². The Bertz CT molecular complexity index is 623. The molecule has 5 heteroatoms. The Hall–Kier alpha value is -1.33. The molecule has 1 aromatic carbocycles. The summed E-state index contributed by atoms with van der Waals surface area (Å²) in [7, 11) is 0. The predicted octanol–water partition coefficient (Wildman–Crippen LogP) is 3.40. The first-order valence-corrected chi connectivity index (χ1v) is 8.43. The summed E-state index contributed by atoms with van der Waals surface area (Å²) >= 11 is 6.18. The molecule has 0 radical (unpaired) electrons. The number of halogens is 1. The molecule has 124 valence electrons. The molecule has 1 saturated heterocycles. The van der Waals surface area contributed by atoms with Crippen LogP contribution in [0.4, 0.5) is 0 Å². The Morgan fingerprint density at radius 3 is 2.74 bits per heavy atom. The number of hydrogen-bond donors (Lipinski definition) is 1. The largest absolute Gasteiger partial charge is 0.465 e. The average molecular weight is 335 g/mol. The van der Waals surface area contributed by atoms with E-state index in [0.29, 0.717) is 0 Å². The van der Waals surface area contributed by atoms with Crippen molar-refractivity contribution < 1.29 is 9.15 Å². The molecule has 3 rings (SSSR count). The first kappa shape index (κ1) is 16.5. The number of nitrogens with one attached hydrogen (secondary N) is 1. The zero-order valence-electron chi connectivity index (χ0n) is 13.4. The number of nitrogens with zero attached hydrogens (tertiary/aromatic N) is 1. The second-order valence-corrected chi connectivity index (χ2v) is 6.30. The van der Waals surface area contributed by atoms with Crippen molar-refractivity contribution in [3.63, 3.8) is 0 Å². The zero-order valence-corrected chi connectivity index (χ0v) is 14.2. The normalized spacial score (nSPS) is 17.3. The molecule has 1 unspecified atom stereocenters. The van der Waals surface area contributed by atoms with Crippen LogP contribution in [0.5, 0.6) is 0 Å². The van der Waals surface area contributed by atoms with E-state index in [9.17, 15) is 0 Å². The highest BCUT2D eigenvalue weighted by Crippen LogP contribution is 2.24. The standard InChI is InChI=1S/C18H23ClN2O2/c1-14-5-6-17(23-14)12-20-13-18(21-7-9-22-10-8-21)15-3-2-4-16(19)11-15/h2-6,11,18,20H,7-10,12-13H2,1H3. The molecule has 1 aliphatic heterocycles. The molecular weight excluding hydrogens is 312 g/mol. The fourth-order valence-electron chi connectivity index (χ4n) is 2.97. The molecule has 0 bridgehead atoms. The zero-order chi connectivity index (χ0) is 16.1. The monoisotopic (exact) mass is 334 g/mol. The first-order chi connectivity index (χ1) is 11.2. The van der Waals surface area contributed by atoms with Crippen molar-refractivity contribution in [3.05, 3.63) is 58.5 Å². The van der Waals surface area contributed by atoms with E-state index in [4.69, 9.17) is 20.8 Å². The van der Waals surface area contributed by atoms with Gasteiger partial charge in [-0.25, -0.2) is 0 Å². The molecule has 2 aromatic rings. The first-order valence-electron chi connectivity index (χ1n) is 8.05. The summed E-state index contributed by atoms with van der Waals surface area (Å²) in [6.07, 6.45) is 0. The van der Waals surface area contributed by atoms with E-state index >= 15 is 0 Å². The van der Waals surface area contributed by atoms with Crippen molar-refractivity contribution in [3.8, 4) is 0 Å². The van der Waals surface area contributed by atoms with Gasteiger partial charge in [0, 0.05) is 30.7 Å². The van der Waals surface area contributed by atoms with Crippen LogP contribution in [0, 0.1) is 6.92 Å². The van der Waals surface area contributed by atoms with E-state index in [1.165, 1.54) is 5.56 Å². The number of hydrogen-bond acceptors (Lipinski definition) is 4. The van der Waals surface area contributed by atoms with Crippen LogP contribution in [0.15, 0.2) is 40.8 Å². The Morgan fingerprint density at radius 2 is 2.04 bits per heavy atom. The average Bonchev–Trinajstić information content (AvgIpc) is 2.98. The van der Waals surface area contributed by atoms with Crippen molar-refractivity contribution >= 4 is 11.6 Å². The third-order valence-corrected chi connectivity index (χ3v) is 4.39. The summed E-state index contributed by atoms with van der Waals surface area (Å²) in [5, 5.41) is 4.29. The van der Waals surface area contributed by atoms with Crippen LogP contribution in [-0.2, 0) is 11.3 Å². The Balaban J connectivity index is 1.67. The fraction of sp³-hybridized carbons (Fsp3) is 0.444. The maximum Gasteiger partial charge on any atom is 0.117 e. The minimum absolute atomic E-state index is 0.286. The highest BCUT2D eigenvalue weighted by molar-refractivity contribution is 6.30. The molecule has 0 amide bonds. The predicted molar refractivity (Wildman–Crippen MR) is 91.7 cm³/mol. The summed E-state index contributed by atoms with van der Waals surface area (Å²) < 4.78 is 11.1. The van der Waals surface area contributed by atoms with Crippen LogP contribution >= 0.6 is 11.6 Å². The van der Waals surface area contributed by atoms with Gasteiger partial charge in [0.05, 0.1) is 19.8 Å². The van der Waals surface area contributed by atoms with Crippen LogP contribution in [0.25, 0.3) is 0 Å². The van der Waals surface area contributed by atoms with Gasteiger partial charge in [-0.05, 0) is 36.8 Å². The number of aryl methyl sites for hydroxylation is 1. The van der Waals surface area contributed by atoms with Crippen LogP contribution in [0.2, 0.25) is 5.02 Å². The lowest BCUT2D eigenvalue weighted by Gasteiger charge is -2.35. The van der Waals surface area contributed by atoms with Crippen LogP contribution in [0.3, 0.4) is 0 Å². The summed E-state index contributed by atoms with van der Waals surface area (Å²) in [6, 6.07) is 12.4. The number of benzene rings is 1. The number of morpholine rings is 1. The van der Waals surface area contributed by atoms with E-state index in [-0.39, 0.29) is 6.04 Å². The van der Waals surface area contributed by atoms with Gasteiger partial charge in [0.1, 0.15) is 11.5 Å². The van der Waals surface area contributed by atoms with Gasteiger partial charge in [-0.3, -0.25) is 4.90 Å². The molecule has 0 saturated carbocycles. The van der Waals surface area contributed by atoms with Crippen molar-refractivity contribution in [2.75, 3.05) is 32.8 Å². The quantitative estimate of drug-likeness (QED) is 0.878. The van der Waals surface area contributed by atoms with E-state index in [1.54, 1.807) is 0 Å². The molecule has 1 N–H and O–H groups in total. The lowest BCUT2D eigenvalue weighted by atomic mass is 10.0. The van der Waals surface area contributed by atoms with Crippen molar-refractivity contribution in [1.82, 2.24) is 10.2 Å². The molecule has 1 aliphatic rings. The van der Waals surface area contributed by atoms with Crippen molar-refractivity contribution in [1.29, 1.82) is 0 Å². The molecule has 1 fully saturated rings. The Kier molecular flexibility index (Phi) is 5.73. The smallest absolute Gasteiger partial charge is 0.117 e. The number of rotatable bonds is 6. The van der Waals surface area contributed by atoms with Gasteiger partial charge >= 0.3 is 0 Å². The summed E-state index contributed by atoms with van der Waals surface area (Å²) in [6.45, 7) is 7.00. The van der Waals surface area contributed by atoms with Crippen LogP contribution in [-0.4, -0.2) is 37.7 Å². The highest BCUT2D eigenvalue weighted by atomic mass is 35.5. The maximum absolute atomic E-state index is 6.18. The molecule has 1 aromatic heterocycles. The molecular formula is C18H23ClN2O2. The summed E-state index contributed by atoms with van der Waals surface area (Å²) in [5.74, 6) is 1.91. The number of furan rings is 1. The third kappa shape index (κ3) is 4.58. The van der Waals surface area contributed by atoms with Gasteiger partial charge in [0.25, 0.3) is 0 Å². The Morgan fingerprint density at radius 1 is 1.22 bits per heavy atom. The molecule has 23 heavy (non-hydrogen) atoms. The van der Waals surface area contributed by atoms with Gasteiger partial charge in [-0.15, -0.1) is 0 Å². The molecule has 0 spiro atoms. The van der Waals surface area contributed by atoms with Gasteiger partial charge < -0.3 is 14.5 Å². The summed E-state index contributed by atoms with van der Waals surface area (Å²) in [4.78, 5) is 2.45. The van der Waals surface area contributed by atoms with Gasteiger partial charge in [0.2, 0.25) is 0 Å². The van der Waals surface area contributed by atoms with Crippen molar-refractivity contribution in [2.24, 2.45) is 0 Å². The minimum Gasteiger partial charge on any atom is -0.465 e. The van der Waals surface area contributed by atoms with E-state index in [2.05, 4.69) is 22.3 Å². The summed E-state index contributed by atoms with van der Waals surface area (Å²) in [5.41, 5.74) is 1.24. The van der Waals surface area contributed by atoms with Crippen molar-refractivity contribution in [2.45, 2.75) is 19.5 Å². The van der Waals surface area contributed by atoms with E-state index in [0.717, 1.165) is 55.9 Å². The van der Waals surface area contributed by atoms with Gasteiger partial charge in [0.15, 0.2) is 0 Å². The second-order valence-electron chi connectivity index (χ2n) is 5.86. The highest BCUT2D eigenvalue weighted by Gasteiger charge is 2.22.